The number of unbranched alkanes of at least 4 members (excludes halogenated alkanes) is 1. The molecule has 2 aromatic rings. The maximum absolute atomic E-state index is 12.4. The number of benzene rings is 2. The van der Waals surface area contributed by atoms with Gasteiger partial charge in [-0.2, -0.15) is 0 Å². The summed E-state index contributed by atoms with van der Waals surface area (Å²) in [5.41, 5.74) is 4.52. The van der Waals surface area contributed by atoms with E-state index in [0.29, 0.717) is 19.4 Å². The third kappa shape index (κ3) is 5.54. The second kappa shape index (κ2) is 9.93. The van der Waals surface area contributed by atoms with Gasteiger partial charge in [0.2, 0.25) is 0 Å². The van der Waals surface area contributed by atoms with Crippen molar-refractivity contribution in [1.82, 2.24) is 5.32 Å². The van der Waals surface area contributed by atoms with Crippen LogP contribution in [-0.2, 0) is 19.0 Å². The topological polar surface area (TPSA) is 94.1 Å². The lowest BCUT2D eigenvalue weighted by Gasteiger charge is -2.18. The number of rotatable bonds is 9. The van der Waals surface area contributed by atoms with Crippen molar-refractivity contribution in [2.24, 2.45) is 0 Å². The zero-order chi connectivity index (χ0) is 23.4. The summed E-state index contributed by atoms with van der Waals surface area (Å²) < 4.78 is 16.8. The van der Waals surface area contributed by atoms with E-state index in [0.717, 1.165) is 35.1 Å². The number of hydrogen-bond acceptors (Lipinski definition) is 5. The van der Waals surface area contributed by atoms with E-state index in [1.54, 1.807) is 0 Å². The van der Waals surface area contributed by atoms with Gasteiger partial charge in [-0.3, -0.25) is 0 Å². The molecule has 1 heterocycles. The predicted molar refractivity (Wildman–Crippen MR) is 123 cm³/mol. The largest absolute Gasteiger partial charge is 0.480 e. The highest BCUT2D eigenvalue weighted by molar-refractivity contribution is 5.81. The van der Waals surface area contributed by atoms with E-state index in [4.69, 9.17) is 14.2 Å². The third-order valence-electron chi connectivity index (χ3n) is 6.27. The number of alkyl carbamates (subject to hydrolysis) is 1. The Morgan fingerprint density at radius 3 is 2.30 bits per heavy atom. The molecule has 0 aromatic heterocycles. The van der Waals surface area contributed by atoms with E-state index in [1.165, 1.54) is 0 Å². The van der Waals surface area contributed by atoms with E-state index < -0.39 is 23.9 Å². The van der Waals surface area contributed by atoms with Crippen LogP contribution in [-0.4, -0.2) is 48.3 Å². The smallest absolute Gasteiger partial charge is 0.407 e. The fourth-order valence-corrected chi connectivity index (χ4v) is 4.67. The molecule has 2 N–H and O–H groups in total. The zero-order valence-electron chi connectivity index (χ0n) is 19.1. The highest BCUT2D eigenvalue weighted by Gasteiger charge is 2.32. The Hall–Kier alpha value is -2.90. The summed E-state index contributed by atoms with van der Waals surface area (Å²) in [5.74, 6) is -1.69. The zero-order valence-corrected chi connectivity index (χ0v) is 19.1. The predicted octanol–water partition coefficient (Wildman–Crippen LogP) is 4.69. The molecule has 0 saturated carbocycles. The Kier molecular flexibility index (Phi) is 7.00. The highest BCUT2D eigenvalue weighted by atomic mass is 16.7. The maximum Gasteiger partial charge on any atom is 0.407 e. The Labute approximate surface area is 194 Å². The summed E-state index contributed by atoms with van der Waals surface area (Å²) in [6, 6.07) is 15.2. The molecule has 1 amide bonds. The van der Waals surface area contributed by atoms with Gasteiger partial charge in [0.15, 0.2) is 5.79 Å². The number of amides is 1. The van der Waals surface area contributed by atoms with Crippen LogP contribution < -0.4 is 5.32 Å². The van der Waals surface area contributed by atoms with Gasteiger partial charge in [0, 0.05) is 5.92 Å². The fourth-order valence-electron chi connectivity index (χ4n) is 4.67. The van der Waals surface area contributed by atoms with Crippen molar-refractivity contribution in [2.45, 2.75) is 63.4 Å². The number of ether oxygens (including phenoxy) is 3. The lowest BCUT2D eigenvalue weighted by Crippen LogP contribution is -2.41. The molecule has 7 nitrogen and oxygen atoms in total. The minimum absolute atomic E-state index is 0.0263. The first-order chi connectivity index (χ1) is 15.8. The van der Waals surface area contributed by atoms with Crippen LogP contribution in [0.2, 0.25) is 0 Å². The molecular formula is C26H31NO6. The first-order valence-electron chi connectivity index (χ1n) is 11.5. The summed E-state index contributed by atoms with van der Waals surface area (Å²) in [4.78, 5) is 24.1. The minimum Gasteiger partial charge on any atom is -0.480 e. The summed E-state index contributed by atoms with van der Waals surface area (Å²) in [6.07, 6.45) is 1.88. The molecule has 2 aliphatic rings. The molecule has 1 aliphatic heterocycles. The molecule has 1 aliphatic carbocycles. The Morgan fingerprint density at radius 1 is 1.09 bits per heavy atom. The Morgan fingerprint density at radius 2 is 1.73 bits per heavy atom. The van der Waals surface area contributed by atoms with Crippen LogP contribution in [0.15, 0.2) is 48.5 Å². The molecule has 1 fully saturated rings. The van der Waals surface area contributed by atoms with Crippen molar-refractivity contribution >= 4 is 12.1 Å². The van der Waals surface area contributed by atoms with Crippen LogP contribution in [0, 0.1) is 0 Å². The van der Waals surface area contributed by atoms with E-state index in [9.17, 15) is 14.7 Å². The van der Waals surface area contributed by atoms with Crippen LogP contribution in [0.5, 0.6) is 0 Å². The number of carboxylic acids is 1. The molecular weight excluding hydrogens is 422 g/mol. The van der Waals surface area contributed by atoms with Crippen molar-refractivity contribution in [2.75, 3.05) is 13.2 Å². The first kappa shape index (κ1) is 23.3. The molecule has 2 aromatic carbocycles. The van der Waals surface area contributed by atoms with Gasteiger partial charge >= 0.3 is 12.1 Å². The van der Waals surface area contributed by atoms with E-state index in [2.05, 4.69) is 17.4 Å². The van der Waals surface area contributed by atoms with Crippen LogP contribution in [0.4, 0.5) is 4.79 Å². The van der Waals surface area contributed by atoms with Crippen molar-refractivity contribution in [3.05, 3.63) is 59.7 Å². The summed E-state index contributed by atoms with van der Waals surface area (Å²) in [5, 5.41) is 12.0. The highest BCUT2D eigenvalue weighted by Crippen LogP contribution is 2.44. The normalized spacial score (nSPS) is 19.5. The second-order valence-corrected chi connectivity index (χ2v) is 9.10. The average molecular weight is 454 g/mol. The van der Waals surface area contributed by atoms with Gasteiger partial charge in [-0.15, -0.1) is 0 Å². The number of fused-ring (bicyclic) bond motifs is 3. The van der Waals surface area contributed by atoms with Gasteiger partial charge in [0.1, 0.15) is 12.6 Å². The van der Waals surface area contributed by atoms with Crippen molar-refractivity contribution in [3.63, 3.8) is 0 Å². The SMILES string of the molecule is CC1(C)OCC(CCCC[C@H](NC(=O)OCC2c3ccccc3-c3ccccc32)C(=O)O)O1. The quantitative estimate of drug-likeness (QED) is 0.535. The van der Waals surface area contributed by atoms with Crippen molar-refractivity contribution < 1.29 is 28.9 Å². The molecule has 4 rings (SSSR count). The Bertz CT molecular complexity index is 958. The number of aliphatic carboxylic acids is 1. The second-order valence-electron chi connectivity index (χ2n) is 9.10. The summed E-state index contributed by atoms with van der Waals surface area (Å²) in [6.45, 7) is 4.46. The number of carboxylic acid groups (broad SMARTS) is 1. The van der Waals surface area contributed by atoms with Gasteiger partial charge < -0.3 is 24.6 Å². The molecule has 0 bridgehead atoms. The van der Waals surface area contributed by atoms with E-state index in [1.807, 2.05) is 50.2 Å². The van der Waals surface area contributed by atoms with Gasteiger partial charge in [0.05, 0.1) is 12.7 Å². The molecule has 1 unspecified atom stereocenters. The summed E-state index contributed by atoms with van der Waals surface area (Å²) in [7, 11) is 0. The van der Waals surface area contributed by atoms with Crippen molar-refractivity contribution in [3.8, 4) is 11.1 Å². The average Bonchev–Trinajstić information content (AvgIpc) is 3.31. The van der Waals surface area contributed by atoms with Gasteiger partial charge in [-0.1, -0.05) is 61.4 Å². The number of carbonyl (C=O) groups is 2. The maximum atomic E-state index is 12.4. The van der Waals surface area contributed by atoms with Crippen LogP contribution in [0.1, 0.15) is 56.6 Å². The van der Waals surface area contributed by atoms with Gasteiger partial charge in [-0.25, -0.2) is 9.59 Å². The van der Waals surface area contributed by atoms with Crippen LogP contribution >= 0.6 is 0 Å². The molecule has 0 spiro atoms. The van der Waals surface area contributed by atoms with Gasteiger partial charge in [-0.05, 0) is 48.9 Å². The third-order valence-corrected chi connectivity index (χ3v) is 6.27. The molecule has 33 heavy (non-hydrogen) atoms. The molecule has 1 saturated heterocycles. The van der Waals surface area contributed by atoms with Crippen LogP contribution in [0.25, 0.3) is 11.1 Å². The van der Waals surface area contributed by atoms with E-state index in [-0.39, 0.29) is 18.6 Å². The molecule has 2 atom stereocenters. The standard InChI is InChI=1S/C26H31NO6/c1-26(2)32-15-17(33-26)9-3-8-14-23(24(28)29)27-25(30)31-16-22-20-12-6-4-10-18(20)19-11-5-7-13-21(19)22/h4-7,10-13,17,22-23H,3,8-9,14-16H2,1-2H3,(H,27,30)(H,28,29)/t17?,23-/m0/s1. The molecule has 0 radical (unpaired) electrons. The first-order valence-corrected chi connectivity index (χ1v) is 11.5. The van der Waals surface area contributed by atoms with Crippen molar-refractivity contribution in [1.29, 1.82) is 0 Å². The minimum atomic E-state index is -1.06. The molecule has 7 heteroatoms. The summed E-state index contributed by atoms with van der Waals surface area (Å²) >= 11 is 0. The number of carbonyl (C=O) groups excluding carboxylic acids is 1. The number of hydrogen-bond donors (Lipinski definition) is 2. The fraction of sp³-hybridized carbons (Fsp3) is 0.462. The Balaban J connectivity index is 1.26. The van der Waals surface area contributed by atoms with E-state index >= 15 is 0 Å². The lowest BCUT2D eigenvalue weighted by atomic mass is 9.98. The number of nitrogens with one attached hydrogen (secondary N) is 1. The van der Waals surface area contributed by atoms with Gasteiger partial charge in [0.25, 0.3) is 0 Å². The monoisotopic (exact) mass is 453 g/mol. The van der Waals surface area contributed by atoms with Crippen LogP contribution in [0.3, 0.4) is 0 Å². The lowest BCUT2D eigenvalue weighted by molar-refractivity contribution is -0.139. The molecule has 176 valence electrons.